The van der Waals surface area contributed by atoms with E-state index in [1.807, 2.05) is 0 Å². The summed E-state index contributed by atoms with van der Waals surface area (Å²) in [6.45, 7) is 3.01. The van der Waals surface area contributed by atoms with Gasteiger partial charge in [0.25, 0.3) is 0 Å². The third-order valence-electron chi connectivity index (χ3n) is 3.13. The van der Waals surface area contributed by atoms with Crippen molar-refractivity contribution in [3.63, 3.8) is 0 Å². The zero-order valence-electron chi connectivity index (χ0n) is 14.6. The molecule has 25 heavy (non-hydrogen) atoms. The van der Waals surface area contributed by atoms with Crippen LogP contribution in [0, 0.1) is 0 Å². The van der Waals surface area contributed by atoms with Crippen molar-refractivity contribution in [1.29, 1.82) is 0 Å². The van der Waals surface area contributed by atoms with E-state index in [-0.39, 0.29) is 21.7 Å². The summed E-state index contributed by atoms with van der Waals surface area (Å²) in [5.74, 6) is -2.42. The molecule has 0 spiro atoms. The van der Waals surface area contributed by atoms with Crippen LogP contribution in [0.1, 0.15) is 26.7 Å². The predicted octanol–water partition coefficient (Wildman–Crippen LogP) is 1.28. The van der Waals surface area contributed by atoms with Gasteiger partial charge in [-0.05, 0) is 0 Å². The topological polar surface area (TPSA) is 105 Å². The van der Waals surface area contributed by atoms with Crippen LogP contribution in [0.25, 0.3) is 0 Å². The van der Waals surface area contributed by atoms with Gasteiger partial charge in [-0.1, -0.05) is 0 Å². The molecule has 0 saturated carbocycles. The molecule has 0 amide bonds. The van der Waals surface area contributed by atoms with Crippen LogP contribution < -0.4 is 0 Å². The zero-order chi connectivity index (χ0) is 19.6. The Kier molecular flexibility index (Phi) is 11.6. The molecule has 144 valence electrons. The second-order valence-electron chi connectivity index (χ2n) is 5.26. The SMILES string of the molecule is COC(=O)C[CH2][Sn]([CH2]CC(=O)OC)([O]C(=O)C(C)S)[O]C(=O)C(C)S. The summed E-state index contributed by atoms with van der Waals surface area (Å²) >= 11 is 3.51. The second kappa shape index (κ2) is 11.9. The number of thiol groups is 2. The van der Waals surface area contributed by atoms with Crippen molar-refractivity contribution in [2.24, 2.45) is 0 Å². The molecule has 0 aromatic rings. The van der Waals surface area contributed by atoms with Crippen molar-refractivity contribution < 1.29 is 34.8 Å². The third kappa shape index (κ3) is 9.59. The molecule has 0 fully saturated rings. The van der Waals surface area contributed by atoms with Gasteiger partial charge in [0.05, 0.1) is 0 Å². The number of rotatable bonds is 10. The average Bonchev–Trinajstić information content (AvgIpc) is 2.56. The number of esters is 2. The molecule has 0 saturated heterocycles. The van der Waals surface area contributed by atoms with E-state index in [4.69, 9.17) is 6.15 Å². The number of carbonyl (C=O) groups is 4. The van der Waals surface area contributed by atoms with Crippen LogP contribution in [-0.4, -0.2) is 67.8 Å². The average molecular weight is 503 g/mol. The second-order valence-corrected chi connectivity index (χ2v) is 16.0. The summed E-state index contributed by atoms with van der Waals surface area (Å²) in [6.07, 6.45) is -0.202. The Balaban J connectivity index is 5.55. The Morgan fingerprint density at radius 2 is 1.12 bits per heavy atom. The molecule has 0 radical (unpaired) electrons. The van der Waals surface area contributed by atoms with E-state index in [1.54, 1.807) is 0 Å². The van der Waals surface area contributed by atoms with Gasteiger partial charge in [0.15, 0.2) is 0 Å². The van der Waals surface area contributed by atoms with Crippen molar-refractivity contribution >= 4 is 68.3 Å². The molecule has 0 N–H and O–H groups in total. The Morgan fingerprint density at radius 3 is 1.36 bits per heavy atom. The first-order valence-electron chi connectivity index (χ1n) is 7.52. The van der Waals surface area contributed by atoms with E-state index in [0.29, 0.717) is 0 Å². The molecule has 0 aliphatic carbocycles. The van der Waals surface area contributed by atoms with Crippen LogP contribution in [0.3, 0.4) is 0 Å². The summed E-state index contributed by atoms with van der Waals surface area (Å²) in [4.78, 5) is 47.1. The van der Waals surface area contributed by atoms with E-state index >= 15 is 0 Å². The number of hydrogen-bond acceptors (Lipinski definition) is 10. The Labute approximate surface area is 163 Å². The van der Waals surface area contributed by atoms with Crippen molar-refractivity contribution in [3.8, 4) is 0 Å². The van der Waals surface area contributed by atoms with Gasteiger partial charge in [-0.25, -0.2) is 0 Å². The van der Waals surface area contributed by atoms with Crippen LogP contribution >= 0.6 is 25.3 Å². The van der Waals surface area contributed by atoms with E-state index in [0.717, 1.165) is 0 Å². The van der Waals surface area contributed by atoms with Gasteiger partial charge < -0.3 is 0 Å². The first-order chi connectivity index (χ1) is 11.6. The van der Waals surface area contributed by atoms with Gasteiger partial charge in [-0.15, -0.1) is 0 Å². The molecule has 2 atom stereocenters. The maximum absolute atomic E-state index is 12.0. The molecule has 0 aromatic heterocycles. The molecule has 11 heteroatoms. The number of carbonyl (C=O) groups excluding carboxylic acids is 4. The Bertz CT molecular complexity index is 451. The number of hydrogen-bond donors (Lipinski definition) is 2. The Morgan fingerprint density at radius 1 is 0.800 bits per heavy atom. The van der Waals surface area contributed by atoms with Crippen LogP contribution in [0.15, 0.2) is 0 Å². The quantitative estimate of drug-likeness (QED) is 0.261. The fourth-order valence-electron chi connectivity index (χ4n) is 1.68. The molecule has 8 nitrogen and oxygen atoms in total. The molecule has 0 aliphatic heterocycles. The number of methoxy groups -OCH3 is 2. The fraction of sp³-hybridized carbons (Fsp3) is 0.714. The van der Waals surface area contributed by atoms with E-state index in [1.165, 1.54) is 28.1 Å². The van der Waals surface area contributed by atoms with E-state index < -0.39 is 53.6 Å². The van der Waals surface area contributed by atoms with Gasteiger partial charge in [-0.3, -0.25) is 0 Å². The molecule has 0 heterocycles. The number of ether oxygens (including phenoxy) is 2. The van der Waals surface area contributed by atoms with Crippen molar-refractivity contribution in [2.75, 3.05) is 14.2 Å². The van der Waals surface area contributed by atoms with Crippen molar-refractivity contribution in [2.45, 2.75) is 46.1 Å². The monoisotopic (exact) mass is 504 g/mol. The molecular weight excluding hydrogens is 479 g/mol. The van der Waals surface area contributed by atoms with Gasteiger partial charge in [-0.2, -0.15) is 0 Å². The molecular formula is C14H24O8S2Sn. The Hall–Kier alpha value is -0.621. The summed E-state index contributed by atoms with van der Waals surface area (Å²) < 4.78 is 20.3. The summed E-state index contributed by atoms with van der Waals surface area (Å²) in [6, 6.07) is 0. The van der Waals surface area contributed by atoms with Crippen molar-refractivity contribution in [3.05, 3.63) is 0 Å². The molecule has 0 aliphatic rings. The van der Waals surface area contributed by atoms with Crippen LogP contribution in [0.2, 0.25) is 8.87 Å². The predicted molar refractivity (Wildman–Crippen MR) is 97.7 cm³/mol. The first-order valence-corrected chi connectivity index (χ1v) is 14.9. The third-order valence-corrected chi connectivity index (χ3v) is 12.6. The zero-order valence-corrected chi connectivity index (χ0v) is 19.3. The standard InChI is InChI=1S/2C4H7O2.2C3H6O2S.Sn/c2*1-3-4(5)6-2;2*1-2(6)3(4)5;/h2*1,3H2,2H3;2*2,6H,1H3,(H,4,5);/q;;;;+2/p-2. The normalized spacial score (nSPS) is 13.4. The van der Waals surface area contributed by atoms with Crippen LogP contribution in [0.4, 0.5) is 0 Å². The van der Waals surface area contributed by atoms with Gasteiger partial charge >= 0.3 is 163 Å². The molecule has 0 bridgehead atoms. The van der Waals surface area contributed by atoms with Gasteiger partial charge in [0, 0.05) is 0 Å². The fourth-order valence-corrected chi connectivity index (χ4v) is 10.8. The van der Waals surface area contributed by atoms with E-state index in [2.05, 4.69) is 34.7 Å². The molecule has 0 rings (SSSR count). The maximum atomic E-state index is 12.0. The summed E-state index contributed by atoms with van der Waals surface area (Å²) in [5.41, 5.74) is 0. The molecule has 0 aromatic carbocycles. The minimum absolute atomic E-state index is 0.0246. The van der Waals surface area contributed by atoms with Crippen molar-refractivity contribution in [1.82, 2.24) is 0 Å². The molecule has 2 unspecified atom stereocenters. The van der Waals surface area contributed by atoms with Crippen LogP contribution in [-0.2, 0) is 34.8 Å². The summed E-state index contributed by atoms with van der Waals surface area (Å²) in [7, 11) is 2.44. The minimum atomic E-state index is -4.51. The van der Waals surface area contributed by atoms with E-state index in [9.17, 15) is 19.2 Å². The van der Waals surface area contributed by atoms with Gasteiger partial charge in [0.1, 0.15) is 0 Å². The van der Waals surface area contributed by atoms with Gasteiger partial charge in [0.2, 0.25) is 0 Å². The summed E-state index contributed by atoms with van der Waals surface area (Å²) in [5, 5.41) is -1.50. The first kappa shape index (κ1) is 24.4. The van der Waals surface area contributed by atoms with Crippen LogP contribution in [0.5, 0.6) is 0 Å².